The van der Waals surface area contributed by atoms with E-state index in [2.05, 4.69) is 22.0 Å². The van der Waals surface area contributed by atoms with E-state index < -0.39 is 0 Å². The van der Waals surface area contributed by atoms with Crippen LogP contribution in [-0.2, 0) is 17.9 Å². The third-order valence-corrected chi connectivity index (χ3v) is 5.23. The summed E-state index contributed by atoms with van der Waals surface area (Å²) in [6, 6.07) is 21.4. The molecule has 0 aliphatic carbocycles. The van der Waals surface area contributed by atoms with Crippen LogP contribution in [0.1, 0.15) is 5.56 Å². The van der Waals surface area contributed by atoms with Crippen molar-refractivity contribution in [3.8, 4) is 11.3 Å². The van der Waals surface area contributed by atoms with Crippen molar-refractivity contribution in [3.63, 3.8) is 0 Å². The van der Waals surface area contributed by atoms with E-state index in [1.165, 1.54) is 22.5 Å². The van der Waals surface area contributed by atoms with E-state index in [1.54, 1.807) is 0 Å². The number of hydrogen-bond acceptors (Lipinski definition) is 4. The number of rotatable bonds is 5. The SMILES string of the molecule is O=C(Cn1cnc(-c2ccccc2)cc1=O)N1CCN(Cc2ccccc2)CC1. The summed E-state index contributed by atoms with van der Waals surface area (Å²) in [5.41, 5.74) is 2.57. The van der Waals surface area contributed by atoms with E-state index in [4.69, 9.17) is 0 Å². The van der Waals surface area contributed by atoms with E-state index in [0.717, 1.165) is 25.2 Å². The standard InChI is InChI=1S/C23H24N4O2/c28-22-15-21(20-9-5-2-6-10-20)24-18-27(22)17-23(29)26-13-11-25(12-14-26)16-19-7-3-1-4-8-19/h1-10,15,18H,11-14,16-17H2. The van der Waals surface area contributed by atoms with Crippen LogP contribution in [0.2, 0.25) is 0 Å². The first-order valence-electron chi connectivity index (χ1n) is 9.85. The summed E-state index contributed by atoms with van der Waals surface area (Å²) in [5.74, 6) is -0.0410. The van der Waals surface area contributed by atoms with Gasteiger partial charge < -0.3 is 4.90 Å². The van der Waals surface area contributed by atoms with Crippen molar-refractivity contribution < 1.29 is 4.79 Å². The lowest BCUT2D eigenvalue weighted by molar-refractivity contribution is -0.133. The number of benzene rings is 2. The van der Waals surface area contributed by atoms with Gasteiger partial charge in [0.15, 0.2) is 0 Å². The molecule has 2 aromatic carbocycles. The second-order valence-electron chi connectivity index (χ2n) is 7.25. The first-order valence-corrected chi connectivity index (χ1v) is 9.85. The molecule has 0 radical (unpaired) electrons. The van der Waals surface area contributed by atoms with Crippen molar-refractivity contribution in [2.45, 2.75) is 13.1 Å². The Bertz CT molecular complexity index is 1010. The van der Waals surface area contributed by atoms with Crippen LogP contribution in [0.3, 0.4) is 0 Å². The number of aromatic nitrogens is 2. The molecule has 148 valence electrons. The molecule has 1 aliphatic heterocycles. The summed E-state index contributed by atoms with van der Waals surface area (Å²) >= 11 is 0. The molecule has 0 atom stereocenters. The highest BCUT2D eigenvalue weighted by Crippen LogP contribution is 2.13. The molecular formula is C23H24N4O2. The minimum Gasteiger partial charge on any atom is -0.339 e. The highest BCUT2D eigenvalue weighted by molar-refractivity contribution is 5.76. The molecule has 0 unspecified atom stereocenters. The predicted molar refractivity (Wildman–Crippen MR) is 112 cm³/mol. The fourth-order valence-electron chi connectivity index (χ4n) is 3.55. The monoisotopic (exact) mass is 388 g/mol. The molecule has 1 aliphatic rings. The molecule has 1 amide bonds. The molecule has 29 heavy (non-hydrogen) atoms. The van der Waals surface area contributed by atoms with Gasteiger partial charge in [-0.3, -0.25) is 19.1 Å². The zero-order valence-electron chi connectivity index (χ0n) is 16.3. The van der Waals surface area contributed by atoms with E-state index in [0.29, 0.717) is 18.8 Å². The van der Waals surface area contributed by atoms with Crippen LogP contribution in [0.5, 0.6) is 0 Å². The van der Waals surface area contributed by atoms with Gasteiger partial charge in [0.25, 0.3) is 5.56 Å². The van der Waals surface area contributed by atoms with Crippen LogP contribution in [0.25, 0.3) is 11.3 Å². The Labute approximate surface area is 170 Å². The lowest BCUT2D eigenvalue weighted by Gasteiger charge is -2.34. The van der Waals surface area contributed by atoms with Gasteiger partial charge in [0.05, 0.1) is 12.0 Å². The van der Waals surface area contributed by atoms with Gasteiger partial charge in [0.1, 0.15) is 6.54 Å². The topological polar surface area (TPSA) is 58.4 Å². The summed E-state index contributed by atoms with van der Waals surface area (Å²) in [7, 11) is 0. The van der Waals surface area contributed by atoms with Crippen molar-refractivity contribution in [2.24, 2.45) is 0 Å². The average molecular weight is 388 g/mol. The number of carbonyl (C=O) groups excluding carboxylic acids is 1. The summed E-state index contributed by atoms with van der Waals surface area (Å²) in [6.45, 7) is 3.94. The molecule has 6 heteroatoms. The first-order chi connectivity index (χ1) is 14.2. The minimum absolute atomic E-state index is 0.0274. The van der Waals surface area contributed by atoms with Crippen molar-refractivity contribution in [3.05, 3.63) is 89.0 Å². The third-order valence-electron chi connectivity index (χ3n) is 5.23. The van der Waals surface area contributed by atoms with Gasteiger partial charge in [-0.1, -0.05) is 60.7 Å². The Kier molecular flexibility index (Phi) is 5.81. The summed E-state index contributed by atoms with van der Waals surface area (Å²) < 4.78 is 1.38. The number of carbonyl (C=O) groups is 1. The van der Waals surface area contributed by atoms with Crippen molar-refractivity contribution >= 4 is 5.91 Å². The van der Waals surface area contributed by atoms with E-state index in [1.807, 2.05) is 53.4 Å². The summed E-state index contributed by atoms with van der Waals surface area (Å²) in [4.78, 5) is 33.6. The Balaban J connectivity index is 1.33. The average Bonchev–Trinajstić information content (AvgIpc) is 2.77. The lowest BCUT2D eigenvalue weighted by Crippen LogP contribution is -2.49. The van der Waals surface area contributed by atoms with E-state index in [9.17, 15) is 9.59 Å². The van der Waals surface area contributed by atoms with Crippen molar-refractivity contribution in [1.29, 1.82) is 0 Å². The lowest BCUT2D eigenvalue weighted by atomic mass is 10.1. The largest absolute Gasteiger partial charge is 0.339 e. The van der Waals surface area contributed by atoms with Crippen molar-refractivity contribution in [2.75, 3.05) is 26.2 Å². The Hall–Kier alpha value is -3.25. The molecule has 1 saturated heterocycles. The molecule has 1 aromatic heterocycles. The molecule has 4 rings (SSSR count). The molecule has 6 nitrogen and oxygen atoms in total. The minimum atomic E-state index is -0.213. The van der Waals surface area contributed by atoms with E-state index >= 15 is 0 Å². The maximum atomic E-state index is 12.7. The Morgan fingerprint density at radius 1 is 0.897 bits per heavy atom. The molecule has 1 fully saturated rings. The molecule has 0 spiro atoms. The van der Waals surface area contributed by atoms with Gasteiger partial charge in [-0.2, -0.15) is 0 Å². The molecule has 2 heterocycles. The van der Waals surface area contributed by atoms with Crippen LogP contribution in [0, 0.1) is 0 Å². The van der Waals surface area contributed by atoms with Crippen LogP contribution in [-0.4, -0.2) is 51.4 Å². The third kappa shape index (κ3) is 4.78. The predicted octanol–water partition coefficient (Wildman–Crippen LogP) is 2.25. The fraction of sp³-hybridized carbons (Fsp3) is 0.261. The van der Waals surface area contributed by atoms with Crippen LogP contribution < -0.4 is 5.56 Å². The van der Waals surface area contributed by atoms with Gasteiger partial charge in [-0.15, -0.1) is 0 Å². The normalized spacial score (nSPS) is 14.7. The molecule has 0 bridgehead atoms. The number of nitrogens with zero attached hydrogens (tertiary/aromatic N) is 4. The number of piperazine rings is 1. The molecule has 0 N–H and O–H groups in total. The maximum Gasteiger partial charge on any atom is 0.254 e. The fourth-order valence-corrected chi connectivity index (χ4v) is 3.55. The quantitative estimate of drug-likeness (QED) is 0.673. The van der Waals surface area contributed by atoms with Gasteiger partial charge in [-0.05, 0) is 5.56 Å². The maximum absolute atomic E-state index is 12.7. The van der Waals surface area contributed by atoms with Gasteiger partial charge in [0.2, 0.25) is 5.91 Å². The number of hydrogen-bond donors (Lipinski definition) is 0. The van der Waals surface area contributed by atoms with Crippen molar-refractivity contribution in [1.82, 2.24) is 19.4 Å². The summed E-state index contributed by atoms with van der Waals surface area (Å²) in [5, 5.41) is 0. The van der Waals surface area contributed by atoms with Crippen LogP contribution in [0.15, 0.2) is 77.9 Å². The Morgan fingerprint density at radius 2 is 1.55 bits per heavy atom. The van der Waals surface area contributed by atoms with Gasteiger partial charge >= 0.3 is 0 Å². The van der Waals surface area contributed by atoms with Crippen LogP contribution >= 0.6 is 0 Å². The van der Waals surface area contributed by atoms with E-state index in [-0.39, 0.29) is 18.0 Å². The molecular weight excluding hydrogens is 364 g/mol. The Morgan fingerprint density at radius 3 is 2.21 bits per heavy atom. The second kappa shape index (κ2) is 8.84. The molecule has 3 aromatic rings. The zero-order valence-corrected chi connectivity index (χ0v) is 16.3. The highest BCUT2D eigenvalue weighted by atomic mass is 16.2. The van der Waals surface area contributed by atoms with Crippen LogP contribution in [0.4, 0.5) is 0 Å². The first kappa shape index (κ1) is 19.1. The summed E-state index contributed by atoms with van der Waals surface area (Å²) in [6.07, 6.45) is 1.47. The zero-order chi connectivity index (χ0) is 20.1. The smallest absolute Gasteiger partial charge is 0.254 e. The molecule has 0 saturated carbocycles. The highest BCUT2D eigenvalue weighted by Gasteiger charge is 2.21. The number of amides is 1. The van der Waals surface area contributed by atoms with Gasteiger partial charge in [0, 0.05) is 44.4 Å². The second-order valence-corrected chi connectivity index (χ2v) is 7.25. The van der Waals surface area contributed by atoms with Gasteiger partial charge in [-0.25, -0.2) is 4.98 Å².